The van der Waals surface area contributed by atoms with Crippen LogP contribution < -0.4 is 4.74 Å². The van der Waals surface area contributed by atoms with Crippen LogP contribution in [0.2, 0.25) is 0 Å². The van der Waals surface area contributed by atoms with Crippen molar-refractivity contribution >= 4 is 22.7 Å². The lowest BCUT2D eigenvalue weighted by atomic mass is 9.72. The zero-order valence-corrected chi connectivity index (χ0v) is 15.1. The van der Waals surface area contributed by atoms with Crippen LogP contribution in [0.15, 0.2) is 47.1 Å². The molecule has 0 heterocycles. The summed E-state index contributed by atoms with van der Waals surface area (Å²) < 4.78 is 5.24. The molecule has 0 aromatic heterocycles. The van der Waals surface area contributed by atoms with Crippen molar-refractivity contribution in [3.8, 4) is 5.75 Å². The van der Waals surface area contributed by atoms with E-state index in [0.717, 1.165) is 34.6 Å². The summed E-state index contributed by atoms with van der Waals surface area (Å²) in [7, 11) is 1.63. The molecular formula is C20H22O3S. The molecule has 24 heavy (non-hydrogen) atoms. The number of carbonyl (C=O) groups excluding carboxylic acids is 2. The highest BCUT2D eigenvalue weighted by atomic mass is 32.2. The van der Waals surface area contributed by atoms with Crippen molar-refractivity contribution in [3.63, 3.8) is 0 Å². The normalized spacial score (nSPS) is 23.1. The first-order chi connectivity index (χ1) is 11.6. The van der Waals surface area contributed by atoms with Crippen LogP contribution in [-0.4, -0.2) is 23.8 Å². The minimum Gasteiger partial charge on any atom is -0.497 e. The van der Waals surface area contributed by atoms with Gasteiger partial charge in [0, 0.05) is 17.9 Å². The van der Waals surface area contributed by atoms with E-state index in [2.05, 4.69) is 6.08 Å². The molecule has 0 spiro atoms. The zero-order valence-electron chi connectivity index (χ0n) is 14.3. The highest BCUT2D eigenvalue weighted by Gasteiger charge is 2.43. The zero-order chi connectivity index (χ0) is 17.3. The number of hydrogen-bond donors (Lipinski definition) is 0. The first-order valence-electron chi connectivity index (χ1n) is 8.31. The van der Waals surface area contributed by atoms with Gasteiger partial charge in [-0.05, 0) is 42.4 Å². The average molecular weight is 342 g/mol. The monoisotopic (exact) mass is 342 g/mol. The van der Waals surface area contributed by atoms with E-state index >= 15 is 0 Å². The van der Waals surface area contributed by atoms with Crippen molar-refractivity contribution in [2.45, 2.75) is 32.6 Å². The second-order valence-electron chi connectivity index (χ2n) is 6.23. The Morgan fingerprint density at radius 1 is 1.21 bits per heavy atom. The van der Waals surface area contributed by atoms with E-state index in [1.807, 2.05) is 38.1 Å². The van der Waals surface area contributed by atoms with Crippen LogP contribution in [0.1, 0.15) is 38.2 Å². The van der Waals surface area contributed by atoms with Crippen LogP contribution in [-0.2, 0) is 9.59 Å². The summed E-state index contributed by atoms with van der Waals surface area (Å²) in [4.78, 5) is 25.3. The predicted molar refractivity (Wildman–Crippen MR) is 97.4 cm³/mol. The lowest BCUT2D eigenvalue weighted by Crippen LogP contribution is -2.26. The summed E-state index contributed by atoms with van der Waals surface area (Å²) in [5.74, 6) is 1.41. The molecule has 0 amide bonds. The molecule has 0 N–H and O–H groups in total. The molecule has 1 saturated carbocycles. The molecule has 0 saturated heterocycles. The molecule has 2 aliphatic rings. The Bertz CT molecular complexity index is 728. The number of rotatable bonds is 4. The Hall–Kier alpha value is -1.81. The summed E-state index contributed by atoms with van der Waals surface area (Å²) in [5.41, 5.74) is 3.98. The molecule has 0 radical (unpaired) electrons. The largest absolute Gasteiger partial charge is 0.497 e. The number of fused-ring (bicyclic) bond motifs is 1. The maximum Gasteiger partial charge on any atom is 0.216 e. The maximum absolute atomic E-state index is 12.8. The van der Waals surface area contributed by atoms with Gasteiger partial charge >= 0.3 is 0 Å². The molecule has 4 heteroatoms. The molecule has 0 aliphatic heterocycles. The number of allylic oxidation sites excluding steroid dienone is 3. The molecule has 2 atom stereocenters. The third-order valence-electron chi connectivity index (χ3n) is 4.85. The first-order valence-corrected chi connectivity index (χ1v) is 9.30. The lowest BCUT2D eigenvalue weighted by molar-refractivity contribution is -0.120. The molecule has 1 aromatic carbocycles. The number of ether oxygens (including phenoxy) is 1. The van der Waals surface area contributed by atoms with Crippen LogP contribution >= 0.6 is 11.8 Å². The summed E-state index contributed by atoms with van der Waals surface area (Å²) in [5, 5.41) is 0.0887. The van der Waals surface area contributed by atoms with E-state index in [9.17, 15) is 9.59 Å². The summed E-state index contributed by atoms with van der Waals surface area (Å²) in [6.07, 6.45) is 3.47. The van der Waals surface area contributed by atoms with E-state index in [-0.39, 0.29) is 22.7 Å². The number of Topliss-reactive ketones (excluding diaryl/α,β-unsaturated/α-hetero) is 1. The SMILES string of the molecule is CCSC(=O)C1=C(C)C=C2CCC(=O)C2C1c1ccc(OC)cc1. The van der Waals surface area contributed by atoms with Gasteiger partial charge in [0.25, 0.3) is 0 Å². The van der Waals surface area contributed by atoms with Gasteiger partial charge in [-0.15, -0.1) is 0 Å². The van der Waals surface area contributed by atoms with Gasteiger partial charge in [0.2, 0.25) is 5.12 Å². The van der Waals surface area contributed by atoms with Crippen molar-refractivity contribution in [2.75, 3.05) is 12.9 Å². The Morgan fingerprint density at radius 3 is 2.54 bits per heavy atom. The molecule has 2 unspecified atom stereocenters. The van der Waals surface area contributed by atoms with E-state index in [1.54, 1.807) is 7.11 Å². The van der Waals surface area contributed by atoms with E-state index in [4.69, 9.17) is 4.74 Å². The van der Waals surface area contributed by atoms with Crippen LogP contribution in [0.25, 0.3) is 0 Å². The minimum atomic E-state index is -0.182. The third kappa shape index (κ3) is 2.95. The molecular weight excluding hydrogens is 320 g/mol. The quantitative estimate of drug-likeness (QED) is 0.818. The first kappa shape index (κ1) is 17.0. The number of hydrogen-bond acceptors (Lipinski definition) is 4. The fourth-order valence-corrected chi connectivity index (χ4v) is 4.49. The molecule has 3 nitrogen and oxygen atoms in total. The van der Waals surface area contributed by atoms with Crippen LogP contribution in [0.3, 0.4) is 0 Å². The number of ketones is 1. The van der Waals surface area contributed by atoms with Crippen LogP contribution in [0.4, 0.5) is 0 Å². The van der Waals surface area contributed by atoms with E-state index in [0.29, 0.717) is 6.42 Å². The Labute approximate surface area is 147 Å². The maximum atomic E-state index is 12.8. The predicted octanol–water partition coefficient (Wildman–Crippen LogP) is 4.29. The van der Waals surface area contributed by atoms with Crippen LogP contribution in [0.5, 0.6) is 5.75 Å². The number of carbonyl (C=O) groups is 2. The fourth-order valence-electron chi connectivity index (χ4n) is 3.78. The van der Waals surface area contributed by atoms with Crippen molar-refractivity contribution in [2.24, 2.45) is 5.92 Å². The molecule has 1 fully saturated rings. The number of thioether (sulfide) groups is 1. The average Bonchev–Trinajstić information content (AvgIpc) is 2.94. The van der Waals surface area contributed by atoms with Crippen molar-refractivity contribution in [1.29, 1.82) is 0 Å². The van der Waals surface area contributed by atoms with Gasteiger partial charge < -0.3 is 4.74 Å². The minimum absolute atomic E-state index is 0.0887. The third-order valence-corrected chi connectivity index (χ3v) is 5.62. The van der Waals surface area contributed by atoms with Crippen molar-refractivity contribution < 1.29 is 14.3 Å². The Balaban J connectivity index is 2.10. The summed E-state index contributed by atoms with van der Waals surface area (Å²) >= 11 is 1.32. The van der Waals surface area contributed by atoms with Crippen molar-refractivity contribution in [3.05, 3.63) is 52.6 Å². The Morgan fingerprint density at radius 2 is 1.92 bits per heavy atom. The van der Waals surface area contributed by atoms with Crippen LogP contribution in [0, 0.1) is 5.92 Å². The smallest absolute Gasteiger partial charge is 0.216 e. The van der Waals surface area contributed by atoms with Gasteiger partial charge in [-0.2, -0.15) is 0 Å². The van der Waals surface area contributed by atoms with Gasteiger partial charge in [-0.3, -0.25) is 9.59 Å². The highest BCUT2D eigenvalue weighted by Crippen LogP contribution is 2.48. The molecule has 126 valence electrons. The fraction of sp³-hybridized carbons (Fsp3) is 0.400. The van der Waals surface area contributed by atoms with Gasteiger partial charge in [0.15, 0.2) is 0 Å². The molecule has 1 aromatic rings. The standard InChI is InChI=1S/C20H22O3S/c1-4-24-20(22)17-12(2)11-14-7-10-16(21)18(14)19(17)13-5-8-15(23-3)9-6-13/h5-6,8-9,11,18-19H,4,7,10H2,1-3H3. The van der Waals surface area contributed by atoms with Gasteiger partial charge in [-0.25, -0.2) is 0 Å². The number of methoxy groups -OCH3 is 1. The number of benzene rings is 1. The van der Waals surface area contributed by atoms with Gasteiger partial charge in [0.1, 0.15) is 11.5 Å². The van der Waals surface area contributed by atoms with Gasteiger partial charge in [0.05, 0.1) is 13.0 Å². The summed E-state index contributed by atoms with van der Waals surface area (Å²) in [6, 6.07) is 7.76. The highest BCUT2D eigenvalue weighted by molar-refractivity contribution is 8.14. The summed E-state index contributed by atoms with van der Waals surface area (Å²) in [6.45, 7) is 3.97. The van der Waals surface area contributed by atoms with Crippen molar-refractivity contribution in [1.82, 2.24) is 0 Å². The lowest BCUT2D eigenvalue weighted by Gasteiger charge is -2.31. The van der Waals surface area contributed by atoms with Gasteiger partial charge in [-0.1, -0.05) is 42.5 Å². The molecule has 0 bridgehead atoms. The van der Waals surface area contributed by atoms with E-state index < -0.39 is 0 Å². The van der Waals surface area contributed by atoms with E-state index in [1.165, 1.54) is 17.3 Å². The second kappa shape index (κ2) is 6.98. The molecule has 3 rings (SSSR count). The Kier molecular flexibility index (Phi) is 4.95. The topological polar surface area (TPSA) is 43.4 Å². The second-order valence-corrected chi connectivity index (χ2v) is 7.47. The molecule has 2 aliphatic carbocycles.